The van der Waals surface area contributed by atoms with Crippen LogP contribution >= 0.6 is 0 Å². The molecule has 0 bridgehead atoms. The zero-order valence-corrected chi connectivity index (χ0v) is 29.3. The third-order valence-corrected chi connectivity index (χ3v) is 7.26. The summed E-state index contributed by atoms with van der Waals surface area (Å²) in [5.41, 5.74) is 3.87. The summed E-state index contributed by atoms with van der Waals surface area (Å²) in [7, 11) is -15.9. The zero-order chi connectivity index (χ0) is 27.2. The fourth-order valence-corrected chi connectivity index (χ4v) is 5.30. The van der Waals surface area contributed by atoms with Crippen LogP contribution < -0.4 is 105 Å². The Kier molecular flexibility index (Phi) is 13.8. The van der Waals surface area contributed by atoms with Crippen LogP contribution in [0.3, 0.4) is 0 Å². The summed E-state index contributed by atoms with van der Waals surface area (Å²) in [6.45, 7) is 1.06. The van der Waals surface area contributed by atoms with E-state index in [9.17, 15) is 48.5 Å². The Morgan fingerprint density at radius 1 is 0.718 bits per heavy atom. The van der Waals surface area contributed by atoms with E-state index in [1.165, 1.54) is 0 Å². The van der Waals surface area contributed by atoms with Crippen LogP contribution in [0, 0.1) is 0 Å². The smallest absolute Gasteiger partial charge is 0.744 e. The van der Waals surface area contributed by atoms with Crippen LogP contribution in [0.15, 0.2) is 57.2 Å². The van der Waals surface area contributed by atoms with Crippen molar-refractivity contribution >= 4 is 70.0 Å². The molecule has 0 heterocycles. The average Bonchev–Trinajstić information content (AvgIpc) is 2.72. The molecule has 192 valence electrons. The number of carbonyl (C=O) groups excluding carboxylic acids is 2. The van der Waals surface area contributed by atoms with Gasteiger partial charge < -0.3 is 30.0 Å². The number of nitrogen functional groups attached to an aromatic ring is 1. The molecule has 3 aromatic rings. The quantitative estimate of drug-likeness (QED) is 0.131. The summed E-state index contributed by atoms with van der Waals surface area (Å²) < 4.78 is 105. The molecule has 0 saturated carbocycles. The Bertz CT molecular complexity index is 1780. The fourth-order valence-electron chi connectivity index (χ4n) is 3.27. The van der Waals surface area contributed by atoms with Crippen molar-refractivity contribution in [1.29, 1.82) is 0 Å². The summed E-state index contributed by atoms with van der Waals surface area (Å²) in [4.78, 5) is 21.4. The van der Waals surface area contributed by atoms with Gasteiger partial charge in [0.15, 0.2) is 0 Å². The normalized spacial score (nSPS) is 11.4. The first-order chi connectivity index (χ1) is 16.4. The molecule has 0 aliphatic rings. The molecule has 0 atom stereocenters. The van der Waals surface area contributed by atoms with Crippen LogP contribution in [0.4, 0.5) is 17.1 Å². The van der Waals surface area contributed by atoms with Gasteiger partial charge in [0.05, 0.1) is 31.6 Å². The molecule has 0 unspecified atom stereocenters. The molecule has 14 nitrogen and oxygen atoms in total. The van der Waals surface area contributed by atoms with E-state index in [2.05, 4.69) is 10.6 Å². The summed E-state index contributed by atoms with van der Waals surface area (Å²) in [6.07, 6.45) is 0. The van der Waals surface area contributed by atoms with Crippen molar-refractivity contribution in [1.82, 2.24) is 0 Å². The SMILES string of the molecule is CC(=O)Nc1ccc2c(S(=O)(=O)[O-])cc(S(=O)(=O)[O-])cc2c1NC(=O)c1ccc(N)cc1S(=O)(=O)[O-].[Na+].[Na+].[Na+]. The molecule has 20 heteroatoms. The van der Waals surface area contributed by atoms with Gasteiger partial charge in [0.1, 0.15) is 30.4 Å². The number of nitrogens with one attached hydrogen (secondary N) is 2. The second-order valence-corrected chi connectivity index (χ2v) is 11.3. The first-order valence-electron chi connectivity index (χ1n) is 9.36. The summed E-state index contributed by atoms with van der Waals surface area (Å²) in [6, 6.07) is 5.80. The Morgan fingerprint density at radius 3 is 1.77 bits per heavy atom. The summed E-state index contributed by atoms with van der Waals surface area (Å²) in [5.74, 6) is -1.98. The summed E-state index contributed by atoms with van der Waals surface area (Å²) >= 11 is 0. The van der Waals surface area contributed by atoms with Crippen molar-refractivity contribution in [3.05, 3.63) is 48.0 Å². The Balaban J connectivity index is 0.00000481. The Morgan fingerprint density at radius 2 is 1.28 bits per heavy atom. The van der Waals surface area contributed by atoms with Crippen molar-refractivity contribution in [3.8, 4) is 0 Å². The molecule has 0 spiro atoms. The first kappa shape index (κ1) is 38.4. The minimum atomic E-state index is -5.36. The molecule has 0 aliphatic carbocycles. The van der Waals surface area contributed by atoms with E-state index in [0.29, 0.717) is 12.1 Å². The maximum absolute atomic E-state index is 13.0. The number of rotatable bonds is 6. The van der Waals surface area contributed by atoms with Crippen molar-refractivity contribution < 1.29 is 137 Å². The minimum absolute atomic E-state index is 0. The molecular formula is C19H14N3Na3O11S3. The van der Waals surface area contributed by atoms with Gasteiger partial charge in [-0.05, 0) is 36.4 Å². The molecule has 0 fully saturated rings. The third-order valence-electron chi connectivity index (χ3n) is 4.70. The second kappa shape index (κ2) is 14.0. The second-order valence-electron chi connectivity index (χ2n) is 7.26. The molecule has 3 rings (SSSR count). The number of amides is 2. The summed E-state index contributed by atoms with van der Waals surface area (Å²) in [5, 5.41) is 3.54. The van der Waals surface area contributed by atoms with Crippen LogP contribution in [0.2, 0.25) is 0 Å². The number of hydrogen-bond donors (Lipinski definition) is 3. The van der Waals surface area contributed by atoms with E-state index in [-0.39, 0.29) is 100 Å². The average molecular weight is 626 g/mol. The van der Waals surface area contributed by atoms with Crippen LogP contribution in [0.1, 0.15) is 17.3 Å². The maximum atomic E-state index is 13.0. The van der Waals surface area contributed by atoms with E-state index in [0.717, 1.165) is 37.3 Å². The van der Waals surface area contributed by atoms with Gasteiger partial charge in [-0.25, -0.2) is 25.3 Å². The van der Waals surface area contributed by atoms with Crippen molar-refractivity contribution in [2.24, 2.45) is 0 Å². The monoisotopic (exact) mass is 625 g/mol. The van der Waals surface area contributed by atoms with Gasteiger partial charge in [0, 0.05) is 23.4 Å². The molecule has 39 heavy (non-hydrogen) atoms. The van der Waals surface area contributed by atoms with E-state index >= 15 is 0 Å². The van der Waals surface area contributed by atoms with Crippen molar-refractivity contribution in [3.63, 3.8) is 0 Å². The number of fused-ring (bicyclic) bond motifs is 1. The molecule has 2 amide bonds. The van der Waals surface area contributed by atoms with Gasteiger partial charge in [0.2, 0.25) is 5.91 Å². The van der Waals surface area contributed by atoms with E-state index in [1.54, 1.807) is 0 Å². The Hall–Kier alpha value is -0.610. The molecule has 0 radical (unpaired) electrons. The molecular weight excluding hydrogens is 611 g/mol. The third kappa shape index (κ3) is 9.19. The molecule has 0 aliphatic heterocycles. The van der Waals surface area contributed by atoms with E-state index in [1.807, 2.05) is 0 Å². The molecule has 0 saturated heterocycles. The van der Waals surface area contributed by atoms with Gasteiger partial charge in [-0.1, -0.05) is 6.07 Å². The fraction of sp³-hybridized carbons (Fsp3) is 0.0526. The maximum Gasteiger partial charge on any atom is 1.00 e. The topological polar surface area (TPSA) is 256 Å². The number of benzene rings is 3. The number of anilines is 3. The predicted octanol–water partition coefficient (Wildman–Crippen LogP) is -8.64. The number of carbonyl (C=O) groups is 2. The largest absolute Gasteiger partial charge is 1.00 e. The first-order valence-corrected chi connectivity index (χ1v) is 13.6. The van der Waals surface area contributed by atoms with Crippen LogP contribution in [0.5, 0.6) is 0 Å². The van der Waals surface area contributed by atoms with Crippen molar-refractivity contribution in [2.75, 3.05) is 16.4 Å². The molecule has 3 aromatic carbocycles. The van der Waals surface area contributed by atoms with Crippen molar-refractivity contribution in [2.45, 2.75) is 21.6 Å². The van der Waals surface area contributed by atoms with Gasteiger partial charge in [0.25, 0.3) is 5.91 Å². The van der Waals surface area contributed by atoms with Gasteiger partial charge in [-0.2, -0.15) is 0 Å². The molecule has 0 aromatic heterocycles. The molecule has 4 N–H and O–H groups in total. The van der Waals surface area contributed by atoms with Gasteiger partial charge in [-0.3, -0.25) is 9.59 Å². The standard InChI is InChI=1S/C19H17N3O11S3.3Na/c1-9(23)21-15-5-4-12-14(7-11(34(25,26)27)8-17(12)36(31,32)33)18(15)22-19(24)13-3-2-10(20)6-16(13)35(28,29)30;;;/h2-8H,20H2,1H3,(H,21,23)(H,22,24)(H,25,26,27)(H,28,29,30)(H,31,32,33);;;/q;3*+1/p-3. The van der Waals surface area contributed by atoms with Gasteiger partial charge >= 0.3 is 88.7 Å². The zero-order valence-electron chi connectivity index (χ0n) is 20.8. The number of nitrogens with two attached hydrogens (primary N) is 1. The predicted molar refractivity (Wildman–Crippen MR) is 121 cm³/mol. The number of hydrogen-bond acceptors (Lipinski definition) is 12. The Labute approximate surface area is 289 Å². The van der Waals surface area contributed by atoms with Gasteiger partial charge in [-0.15, -0.1) is 0 Å². The minimum Gasteiger partial charge on any atom is -0.744 e. The van der Waals surface area contributed by atoms with Crippen LogP contribution in [-0.4, -0.2) is 50.7 Å². The van der Waals surface area contributed by atoms with E-state index in [4.69, 9.17) is 5.73 Å². The van der Waals surface area contributed by atoms with Crippen LogP contribution in [0.25, 0.3) is 10.8 Å². The van der Waals surface area contributed by atoms with E-state index < -0.39 is 78.9 Å². The van der Waals surface area contributed by atoms with Crippen LogP contribution in [-0.2, 0) is 35.1 Å².